The zero-order chi connectivity index (χ0) is 23.4. The number of rotatable bonds is 2. The van der Waals surface area contributed by atoms with Crippen molar-refractivity contribution in [2.45, 2.75) is 55.4 Å². The summed E-state index contributed by atoms with van der Waals surface area (Å²) in [6.07, 6.45) is 0. The van der Waals surface area contributed by atoms with Gasteiger partial charge in [-0.3, -0.25) is 0 Å². The third-order valence-corrected chi connectivity index (χ3v) is 6.62. The maximum absolute atomic E-state index is 2.30. The zero-order valence-electron chi connectivity index (χ0n) is 20.9. The highest BCUT2D eigenvalue weighted by atomic mass is 14.1. The molecule has 0 saturated carbocycles. The normalized spacial score (nSPS) is 10.5. The summed E-state index contributed by atoms with van der Waals surface area (Å²) in [5, 5.41) is 0. The Morgan fingerprint density at radius 3 is 0.812 bits per heavy atom. The molecule has 32 heavy (non-hydrogen) atoms. The van der Waals surface area contributed by atoms with Crippen molar-refractivity contribution in [1.29, 1.82) is 0 Å². The van der Waals surface area contributed by atoms with E-state index in [1.54, 1.807) is 0 Å². The molecule has 0 aliphatic rings. The highest BCUT2D eigenvalue weighted by Crippen LogP contribution is 2.28. The van der Waals surface area contributed by atoms with Crippen LogP contribution in [0.25, 0.3) is 22.3 Å². The van der Waals surface area contributed by atoms with E-state index in [9.17, 15) is 0 Å². The third kappa shape index (κ3) is 5.56. The average molecular weight is 421 g/mol. The second-order valence-electron chi connectivity index (χ2n) is 9.20. The van der Waals surface area contributed by atoms with E-state index in [1.807, 2.05) is 0 Å². The van der Waals surface area contributed by atoms with Crippen molar-refractivity contribution in [1.82, 2.24) is 0 Å². The van der Waals surface area contributed by atoms with E-state index in [0.717, 1.165) is 0 Å². The lowest BCUT2D eigenvalue weighted by molar-refractivity contribution is 1.25. The lowest BCUT2D eigenvalue weighted by Crippen LogP contribution is -1.92. The van der Waals surface area contributed by atoms with Gasteiger partial charge >= 0.3 is 0 Å². The number of hydrogen-bond acceptors (Lipinski definition) is 0. The first kappa shape index (κ1) is 23.5. The Balaban J connectivity index is 0.000000186. The van der Waals surface area contributed by atoms with Gasteiger partial charge in [-0.1, -0.05) is 83.9 Å². The minimum absolute atomic E-state index is 1.29. The minimum Gasteiger partial charge on any atom is -0.0587 e. The standard InChI is InChI=1S/C18H22.C14H14/c1-11-7-17(8-12(2)15(11)5)18-9-13(3)16(6)14(4)10-18;1-11-3-7-13(8-4-11)14-9-5-12(2)6-10-14/h7-10H,1-6H3;3-10H,1-2H3. The van der Waals surface area contributed by atoms with Crippen molar-refractivity contribution in [3.63, 3.8) is 0 Å². The Labute approximate surface area is 195 Å². The Kier molecular flexibility index (Phi) is 7.36. The quantitative estimate of drug-likeness (QED) is 0.303. The minimum atomic E-state index is 1.29. The number of hydrogen-bond donors (Lipinski definition) is 0. The van der Waals surface area contributed by atoms with Gasteiger partial charge in [0.25, 0.3) is 0 Å². The van der Waals surface area contributed by atoms with E-state index in [4.69, 9.17) is 0 Å². The predicted octanol–water partition coefficient (Wildman–Crippen LogP) is 9.17. The van der Waals surface area contributed by atoms with Crippen LogP contribution in [0, 0.1) is 55.4 Å². The summed E-state index contributed by atoms with van der Waals surface area (Å²) in [6.45, 7) is 17.4. The van der Waals surface area contributed by atoms with E-state index >= 15 is 0 Å². The molecule has 0 aliphatic heterocycles. The lowest BCUT2D eigenvalue weighted by atomic mass is 9.93. The van der Waals surface area contributed by atoms with E-state index in [-0.39, 0.29) is 0 Å². The summed E-state index contributed by atoms with van der Waals surface area (Å²) in [5.41, 5.74) is 16.2. The van der Waals surface area contributed by atoms with Gasteiger partial charge in [0.05, 0.1) is 0 Å². The van der Waals surface area contributed by atoms with Gasteiger partial charge in [-0.15, -0.1) is 0 Å². The van der Waals surface area contributed by atoms with Gasteiger partial charge in [-0.2, -0.15) is 0 Å². The van der Waals surface area contributed by atoms with Crippen molar-refractivity contribution >= 4 is 0 Å². The van der Waals surface area contributed by atoms with Crippen LogP contribution in [0.5, 0.6) is 0 Å². The fourth-order valence-electron chi connectivity index (χ4n) is 3.90. The van der Waals surface area contributed by atoms with Crippen LogP contribution in [0.15, 0.2) is 72.8 Å². The molecule has 164 valence electrons. The predicted molar refractivity (Wildman–Crippen MR) is 142 cm³/mol. The molecule has 0 amide bonds. The molecular weight excluding hydrogens is 384 g/mol. The molecule has 0 aromatic heterocycles. The van der Waals surface area contributed by atoms with E-state index in [0.29, 0.717) is 0 Å². The van der Waals surface area contributed by atoms with E-state index < -0.39 is 0 Å². The molecule has 0 fully saturated rings. The van der Waals surface area contributed by atoms with Gasteiger partial charge in [0.15, 0.2) is 0 Å². The van der Waals surface area contributed by atoms with E-state index in [1.165, 1.54) is 66.8 Å². The summed E-state index contributed by atoms with van der Waals surface area (Å²) >= 11 is 0. The Morgan fingerprint density at radius 2 is 0.562 bits per heavy atom. The fourth-order valence-corrected chi connectivity index (χ4v) is 3.90. The molecule has 0 atom stereocenters. The van der Waals surface area contributed by atoms with Crippen LogP contribution in [-0.2, 0) is 0 Å². The molecule has 4 aromatic rings. The summed E-state index contributed by atoms with van der Waals surface area (Å²) in [6, 6.07) is 26.4. The second kappa shape index (κ2) is 10.0. The third-order valence-electron chi connectivity index (χ3n) is 6.62. The van der Waals surface area contributed by atoms with E-state index in [2.05, 4.69) is 128 Å². The van der Waals surface area contributed by atoms with Crippen molar-refractivity contribution < 1.29 is 0 Å². The van der Waals surface area contributed by atoms with Crippen molar-refractivity contribution in [3.05, 3.63) is 117 Å². The molecule has 0 saturated heterocycles. The number of benzene rings is 4. The SMILES string of the molecule is Cc1cc(-c2cc(C)c(C)c(C)c2)cc(C)c1C.Cc1ccc(-c2ccc(C)cc2)cc1. The first-order valence-corrected chi connectivity index (χ1v) is 11.5. The first-order valence-electron chi connectivity index (χ1n) is 11.5. The molecule has 0 bridgehead atoms. The van der Waals surface area contributed by atoms with Crippen molar-refractivity contribution in [2.75, 3.05) is 0 Å². The number of aryl methyl sites for hydroxylation is 6. The van der Waals surface area contributed by atoms with Crippen LogP contribution in [0.1, 0.15) is 44.5 Å². The van der Waals surface area contributed by atoms with Gasteiger partial charge in [-0.25, -0.2) is 0 Å². The maximum Gasteiger partial charge on any atom is -0.0178 e. The van der Waals surface area contributed by atoms with Crippen LogP contribution in [0.3, 0.4) is 0 Å². The summed E-state index contributed by atoms with van der Waals surface area (Å²) < 4.78 is 0. The zero-order valence-corrected chi connectivity index (χ0v) is 20.9. The Bertz CT molecular complexity index is 1060. The topological polar surface area (TPSA) is 0 Å². The highest BCUT2D eigenvalue weighted by molar-refractivity contribution is 5.68. The molecular formula is C32H36. The molecule has 4 rings (SSSR count). The van der Waals surface area contributed by atoms with Crippen molar-refractivity contribution in [2.24, 2.45) is 0 Å². The molecule has 0 heteroatoms. The molecule has 0 radical (unpaired) electrons. The second-order valence-corrected chi connectivity index (χ2v) is 9.20. The summed E-state index contributed by atoms with van der Waals surface area (Å²) in [4.78, 5) is 0. The highest BCUT2D eigenvalue weighted by Gasteiger charge is 2.06. The van der Waals surface area contributed by atoms with Gasteiger partial charge in [-0.05, 0) is 111 Å². The molecule has 0 N–H and O–H groups in total. The molecule has 0 unspecified atom stereocenters. The van der Waals surface area contributed by atoms with Gasteiger partial charge in [0, 0.05) is 0 Å². The largest absolute Gasteiger partial charge is 0.0587 e. The van der Waals surface area contributed by atoms with Gasteiger partial charge in [0.1, 0.15) is 0 Å². The molecule has 0 aliphatic carbocycles. The molecule has 0 spiro atoms. The maximum atomic E-state index is 2.30. The smallest absolute Gasteiger partial charge is 0.0178 e. The monoisotopic (exact) mass is 420 g/mol. The van der Waals surface area contributed by atoms with Crippen molar-refractivity contribution in [3.8, 4) is 22.3 Å². The van der Waals surface area contributed by atoms with Crippen LogP contribution in [0.2, 0.25) is 0 Å². The average Bonchev–Trinajstić information content (AvgIpc) is 2.77. The molecule has 0 nitrogen and oxygen atoms in total. The lowest BCUT2D eigenvalue weighted by Gasteiger charge is -2.12. The summed E-state index contributed by atoms with van der Waals surface area (Å²) in [5.74, 6) is 0. The van der Waals surface area contributed by atoms with Gasteiger partial charge < -0.3 is 0 Å². The first-order chi connectivity index (χ1) is 15.2. The Morgan fingerprint density at radius 1 is 0.312 bits per heavy atom. The Hall–Kier alpha value is -3.12. The molecule has 0 heterocycles. The molecule has 4 aromatic carbocycles. The van der Waals surface area contributed by atoms with Crippen LogP contribution in [0.4, 0.5) is 0 Å². The fraction of sp³-hybridized carbons (Fsp3) is 0.250. The van der Waals surface area contributed by atoms with Crippen LogP contribution >= 0.6 is 0 Å². The summed E-state index contributed by atoms with van der Waals surface area (Å²) in [7, 11) is 0. The van der Waals surface area contributed by atoms with Crippen LogP contribution in [-0.4, -0.2) is 0 Å². The van der Waals surface area contributed by atoms with Gasteiger partial charge in [0.2, 0.25) is 0 Å². The van der Waals surface area contributed by atoms with Crippen LogP contribution < -0.4 is 0 Å².